The summed E-state index contributed by atoms with van der Waals surface area (Å²) in [6.07, 6.45) is 2.09. The van der Waals surface area contributed by atoms with Crippen molar-refractivity contribution >= 4 is 16.9 Å². The van der Waals surface area contributed by atoms with Gasteiger partial charge in [0.1, 0.15) is 5.58 Å². The summed E-state index contributed by atoms with van der Waals surface area (Å²) in [5, 5.41) is 5.53. The molecule has 0 N–H and O–H groups in total. The lowest BCUT2D eigenvalue weighted by Gasteiger charge is -2.39. The largest absolute Gasteiger partial charge is 0.464 e. The summed E-state index contributed by atoms with van der Waals surface area (Å²) in [7, 11) is 0. The van der Waals surface area contributed by atoms with Gasteiger partial charge in [0, 0.05) is 29.7 Å². The molecule has 1 aromatic carbocycles. The first-order valence-corrected chi connectivity index (χ1v) is 7.87. The van der Waals surface area contributed by atoms with E-state index in [2.05, 4.69) is 18.1 Å². The van der Waals surface area contributed by atoms with E-state index >= 15 is 0 Å². The molecule has 0 aliphatic carbocycles. The summed E-state index contributed by atoms with van der Waals surface area (Å²) in [6, 6.07) is 10.2. The fraction of sp³-hybridized carbons (Fsp3) is 0.333. The number of benzene rings is 1. The number of rotatable bonds is 3. The third-order valence-corrected chi connectivity index (χ3v) is 4.51. The van der Waals surface area contributed by atoms with Crippen molar-refractivity contribution in [2.75, 3.05) is 13.1 Å². The third-order valence-electron chi connectivity index (χ3n) is 4.51. The summed E-state index contributed by atoms with van der Waals surface area (Å²) in [5.41, 5.74) is 3.97. The molecule has 0 radical (unpaired) electrons. The summed E-state index contributed by atoms with van der Waals surface area (Å²) in [4.78, 5) is 14.3. The molecule has 118 valence electrons. The quantitative estimate of drug-likeness (QED) is 0.747. The summed E-state index contributed by atoms with van der Waals surface area (Å²) >= 11 is 0. The minimum Gasteiger partial charge on any atom is -0.464 e. The Morgan fingerprint density at radius 2 is 2.09 bits per heavy atom. The maximum atomic E-state index is 12.5. The molecule has 2 aromatic heterocycles. The van der Waals surface area contributed by atoms with E-state index in [1.54, 1.807) is 6.26 Å². The van der Waals surface area contributed by atoms with Gasteiger partial charge < -0.3 is 9.32 Å². The fourth-order valence-corrected chi connectivity index (χ4v) is 3.27. The Morgan fingerprint density at radius 3 is 2.83 bits per heavy atom. The molecule has 1 aliphatic rings. The molecule has 4 rings (SSSR count). The number of fused-ring (bicyclic) bond motifs is 1. The van der Waals surface area contributed by atoms with Crippen LogP contribution in [0.1, 0.15) is 23.0 Å². The predicted octanol–water partition coefficient (Wildman–Crippen LogP) is 2.87. The monoisotopic (exact) mass is 309 g/mol. The van der Waals surface area contributed by atoms with Crippen LogP contribution in [-0.2, 0) is 11.2 Å². The fourth-order valence-electron chi connectivity index (χ4n) is 3.27. The second-order valence-electron chi connectivity index (χ2n) is 6.26. The Bertz CT molecular complexity index is 871. The van der Waals surface area contributed by atoms with E-state index in [1.165, 1.54) is 0 Å². The highest BCUT2D eigenvalue weighted by molar-refractivity contribution is 5.87. The third kappa shape index (κ3) is 2.42. The van der Waals surface area contributed by atoms with E-state index in [9.17, 15) is 4.79 Å². The minimum absolute atomic E-state index is 0.148. The van der Waals surface area contributed by atoms with Gasteiger partial charge in [-0.1, -0.05) is 18.2 Å². The number of para-hydroxylation sites is 1. The first kappa shape index (κ1) is 14.1. The molecule has 0 unspecified atom stereocenters. The lowest BCUT2D eigenvalue weighted by Crippen LogP contribution is -2.51. The Morgan fingerprint density at radius 1 is 1.30 bits per heavy atom. The van der Waals surface area contributed by atoms with Crippen LogP contribution in [0.2, 0.25) is 0 Å². The van der Waals surface area contributed by atoms with Gasteiger partial charge in [-0.25, -0.2) is 0 Å². The lowest BCUT2D eigenvalue weighted by atomic mass is 10.1. The van der Waals surface area contributed by atoms with Crippen molar-refractivity contribution in [1.29, 1.82) is 0 Å². The van der Waals surface area contributed by atoms with Gasteiger partial charge >= 0.3 is 0 Å². The van der Waals surface area contributed by atoms with Crippen LogP contribution in [0.15, 0.2) is 41.0 Å². The second-order valence-corrected chi connectivity index (χ2v) is 6.26. The molecule has 1 saturated heterocycles. The van der Waals surface area contributed by atoms with Gasteiger partial charge in [0.2, 0.25) is 5.91 Å². The molecule has 1 aliphatic heterocycles. The topological polar surface area (TPSA) is 51.3 Å². The van der Waals surface area contributed by atoms with Crippen molar-refractivity contribution in [3.63, 3.8) is 0 Å². The molecule has 3 heterocycles. The summed E-state index contributed by atoms with van der Waals surface area (Å²) < 4.78 is 7.54. The SMILES string of the molecule is Cc1cc(C)n(C2CN(C(=O)Cc3coc4ccccc34)C2)n1. The molecule has 3 aromatic rings. The maximum Gasteiger partial charge on any atom is 0.227 e. The first-order valence-electron chi connectivity index (χ1n) is 7.87. The highest BCUT2D eigenvalue weighted by atomic mass is 16.3. The van der Waals surface area contributed by atoms with Crippen molar-refractivity contribution in [3.05, 3.63) is 53.5 Å². The second kappa shape index (κ2) is 5.26. The van der Waals surface area contributed by atoms with E-state index in [0.717, 1.165) is 41.0 Å². The molecule has 0 saturated carbocycles. The van der Waals surface area contributed by atoms with Gasteiger partial charge in [0.25, 0.3) is 0 Å². The maximum absolute atomic E-state index is 12.5. The molecular weight excluding hydrogens is 290 g/mol. The van der Waals surface area contributed by atoms with E-state index in [1.807, 2.05) is 40.8 Å². The molecule has 1 fully saturated rings. The molecular formula is C18H19N3O2. The number of hydrogen-bond acceptors (Lipinski definition) is 3. The van der Waals surface area contributed by atoms with Crippen molar-refractivity contribution in [2.24, 2.45) is 0 Å². The molecule has 5 nitrogen and oxygen atoms in total. The lowest BCUT2D eigenvalue weighted by molar-refractivity contribution is -0.136. The number of furan rings is 1. The van der Waals surface area contributed by atoms with Crippen LogP contribution in [-0.4, -0.2) is 33.7 Å². The molecule has 0 spiro atoms. The van der Waals surface area contributed by atoms with Gasteiger partial charge in [-0.05, 0) is 26.0 Å². The van der Waals surface area contributed by atoms with Gasteiger partial charge in [0.05, 0.1) is 24.4 Å². The van der Waals surface area contributed by atoms with Gasteiger partial charge in [0.15, 0.2) is 0 Å². The number of aryl methyl sites for hydroxylation is 2. The van der Waals surface area contributed by atoms with Crippen LogP contribution < -0.4 is 0 Å². The Hall–Kier alpha value is -2.56. The molecule has 0 atom stereocenters. The average Bonchev–Trinajstić information content (AvgIpc) is 3.02. The zero-order chi connectivity index (χ0) is 16.0. The van der Waals surface area contributed by atoms with E-state index < -0.39 is 0 Å². The van der Waals surface area contributed by atoms with Crippen molar-refractivity contribution in [3.8, 4) is 0 Å². The number of amides is 1. The van der Waals surface area contributed by atoms with Crippen LogP contribution in [0.25, 0.3) is 11.0 Å². The van der Waals surface area contributed by atoms with Crippen LogP contribution in [0.5, 0.6) is 0 Å². The first-order chi connectivity index (χ1) is 11.1. The van der Waals surface area contributed by atoms with Crippen LogP contribution in [0.4, 0.5) is 0 Å². The number of carbonyl (C=O) groups is 1. The Labute approximate surface area is 134 Å². The van der Waals surface area contributed by atoms with Gasteiger partial charge in [-0.2, -0.15) is 5.10 Å². The Balaban J connectivity index is 1.43. The number of nitrogens with zero attached hydrogens (tertiary/aromatic N) is 3. The number of likely N-dealkylation sites (tertiary alicyclic amines) is 1. The van der Waals surface area contributed by atoms with Crippen LogP contribution in [0, 0.1) is 13.8 Å². The van der Waals surface area contributed by atoms with Crippen LogP contribution in [0.3, 0.4) is 0 Å². The smallest absolute Gasteiger partial charge is 0.227 e. The van der Waals surface area contributed by atoms with Crippen molar-refractivity contribution in [1.82, 2.24) is 14.7 Å². The number of carbonyl (C=O) groups excluding carboxylic acids is 1. The molecule has 5 heteroatoms. The normalized spacial score (nSPS) is 15.1. The van der Waals surface area contributed by atoms with E-state index in [0.29, 0.717) is 12.5 Å². The van der Waals surface area contributed by atoms with Crippen molar-refractivity contribution < 1.29 is 9.21 Å². The summed E-state index contributed by atoms with van der Waals surface area (Å²) in [5.74, 6) is 0.148. The van der Waals surface area contributed by atoms with Gasteiger partial charge in [-0.15, -0.1) is 0 Å². The molecule has 23 heavy (non-hydrogen) atoms. The number of aromatic nitrogens is 2. The van der Waals surface area contributed by atoms with E-state index in [4.69, 9.17) is 4.42 Å². The Kier molecular flexibility index (Phi) is 3.22. The predicted molar refractivity (Wildman–Crippen MR) is 87.2 cm³/mol. The van der Waals surface area contributed by atoms with Crippen molar-refractivity contribution in [2.45, 2.75) is 26.3 Å². The molecule has 1 amide bonds. The van der Waals surface area contributed by atoms with Crippen LogP contribution >= 0.6 is 0 Å². The average molecular weight is 309 g/mol. The zero-order valence-corrected chi connectivity index (χ0v) is 13.3. The van der Waals surface area contributed by atoms with E-state index in [-0.39, 0.29) is 5.91 Å². The highest BCUT2D eigenvalue weighted by Crippen LogP contribution is 2.26. The number of hydrogen-bond donors (Lipinski definition) is 0. The zero-order valence-electron chi connectivity index (χ0n) is 13.3. The van der Waals surface area contributed by atoms with Gasteiger partial charge in [-0.3, -0.25) is 9.48 Å². The summed E-state index contributed by atoms with van der Waals surface area (Å²) in [6.45, 7) is 5.52. The highest BCUT2D eigenvalue weighted by Gasteiger charge is 2.33. The molecule has 0 bridgehead atoms. The minimum atomic E-state index is 0.148. The standard InChI is InChI=1S/C18H19N3O2/c1-12-7-13(2)21(19-12)15-9-20(10-15)18(22)8-14-11-23-17-6-4-3-5-16(14)17/h3-7,11,15H,8-10H2,1-2H3.